The highest BCUT2D eigenvalue weighted by molar-refractivity contribution is 5.76. The van der Waals surface area contributed by atoms with Gasteiger partial charge < -0.3 is 14.6 Å². The molecule has 0 atom stereocenters. The third kappa shape index (κ3) is 27.7. The van der Waals surface area contributed by atoms with Crippen LogP contribution in [-0.2, 0) is 23.9 Å². The molecule has 0 radical (unpaired) electrons. The minimum absolute atomic E-state index is 0.286. The van der Waals surface area contributed by atoms with Crippen LogP contribution in [0, 0.1) is 5.41 Å². The molecule has 6 nitrogen and oxygen atoms in total. The first-order chi connectivity index (χ1) is 20.9. The molecular weight excluding hydrogens is 540 g/mol. The molecule has 0 unspecified atom stereocenters. The van der Waals surface area contributed by atoms with E-state index >= 15 is 0 Å². The van der Waals surface area contributed by atoms with Gasteiger partial charge in [0.05, 0.1) is 0 Å². The molecule has 43 heavy (non-hydrogen) atoms. The van der Waals surface area contributed by atoms with E-state index in [0.717, 1.165) is 38.5 Å². The molecule has 0 bridgehead atoms. The van der Waals surface area contributed by atoms with Gasteiger partial charge in [0, 0.05) is 12.8 Å². The Morgan fingerprint density at radius 3 is 0.907 bits per heavy atom. The molecule has 0 aliphatic heterocycles. The Balaban J connectivity index is 3.78. The number of esters is 2. The monoisotopic (exact) mass is 611 g/mol. The standard InChI is InChI=1S/C37H70O6/c1-4-6-8-10-12-14-16-18-20-22-24-26-28-30-34(38)42-32-37(3,36(40)41)33-43-35(39)31-29-27-25-23-21-19-17-15-13-11-9-7-5-2/h4-33H2,1-3H3,(H,40,41). The summed E-state index contributed by atoms with van der Waals surface area (Å²) in [5, 5.41) is 9.67. The quantitative estimate of drug-likeness (QED) is 0.0587. The van der Waals surface area contributed by atoms with Crippen molar-refractivity contribution in [3.05, 3.63) is 0 Å². The number of carboxylic acids is 1. The van der Waals surface area contributed by atoms with Gasteiger partial charge in [-0.2, -0.15) is 0 Å². The van der Waals surface area contributed by atoms with Crippen LogP contribution in [0.1, 0.15) is 201 Å². The SMILES string of the molecule is CCCCCCCCCCCCCCCC(=O)OCC(C)(COC(=O)CCCCCCCCCCCCCCC)C(=O)O. The average molecular weight is 611 g/mol. The Labute approximate surface area is 265 Å². The van der Waals surface area contributed by atoms with Crippen molar-refractivity contribution in [3.8, 4) is 0 Å². The van der Waals surface area contributed by atoms with E-state index in [2.05, 4.69) is 13.8 Å². The second-order valence-electron chi connectivity index (χ2n) is 13.2. The normalized spacial score (nSPS) is 11.5. The average Bonchev–Trinajstić information content (AvgIpc) is 2.99. The molecule has 0 spiro atoms. The highest BCUT2D eigenvalue weighted by Gasteiger charge is 2.36. The zero-order valence-corrected chi connectivity index (χ0v) is 28.7. The summed E-state index contributed by atoms with van der Waals surface area (Å²) >= 11 is 0. The van der Waals surface area contributed by atoms with Gasteiger partial charge in [0.2, 0.25) is 0 Å². The summed E-state index contributed by atoms with van der Waals surface area (Å²) in [6.07, 6.45) is 32.8. The van der Waals surface area contributed by atoms with Crippen LogP contribution in [0.2, 0.25) is 0 Å². The molecule has 0 aliphatic rings. The molecule has 1 N–H and O–H groups in total. The van der Waals surface area contributed by atoms with Crippen LogP contribution >= 0.6 is 0 Å². The van der Waals surface area contributed by atoms with Gasteiger partial charge in [0.1, 0.15) is 18.6 Å². The molecule has 0 aliphatic carbocycles. The smallest absolute Gasteiger partial charge is 0.316 e. The van der Waals surface area contributed by atoms with Crippen molar-refractivity contribution in [2.45, 2.75) is 201 Å². The predicted octanol–water partition coefficient (Wildman–Crippen LogP) is 11.1. The molecule has 0 amide bonds. The maximum absolute atomic E-state index is 12.2. The van der Waals surface area contributed by atoms with Gasteiger partial charge >= 0.3 is 17.9 Å². The minimum Gasteiger partial charge on any atom is -0.481 e. The molecule has 6 heteroatoms. The van der Waals surface area contributed by atoms with E-state index in [1.54, 1.807) is 0 Å². The third-order valence-corrected chi connectivity index (χ3v) is 8.59. The Morgan fingerprint density at radius 1 is 0.442 bits per heavy atom. The Morgan fingerprint density at radius 2 is 0.674 bits per heavy atom. The Kier molecular flexibility index (Phi) is 29.3. The zero-order valence-electron chi connectivity index (χ0n) is 28.7. The summed E-state index contributed by atoms with van der Waals surface area (Å²) in [6.45, 7) is 5.39. The number of hydrogen-bond acceptors (Lipinski definition) is 5. The lowest BCUT2D eigenvalue weighted by Gasteiger charge is -2.24. The van der Waals surface area contributed by atoms with Crippen LogP contribution in [0.25, 0.3) is 0 Å². The van der Waals surface area contributed by atoms with Crippen LogP contribution < -0.4 is 0 Å². The van der Waals surface area contributed by atoms with Crippen molar-refractivity contribution in [1.29, 1.82) is 0 Å². The van der Waals surface area contributed by atoms with Crippen LogP contribution in [0.4, 0.5) is 0 Å². The van der Waals surface area contributed by atoms with Crippen LogP contribution in [0.3, 0.4) is 0 Å². The van der Waals surface area contributed by atoms with E-state index in [1.165, 1.54) is 135 Å². The highest BCUT2D eigenvalue weighted by atomic mass is 16.6. The number of carbonyl (C=O) groups excluding carboxylic acids is 2. The van der Waals surface area contributed by atoms with Gasteiger partial charge in [-0.25, -0.2) is 0 Å². The van der Waals surface area contributed by atoms with Crippen molar-refractivity contribution in [1.82, 2.24) is 0 Å². The number of rotatable bonds is 33. The lowest BCUT2D eigenvalue weighted by molar-refractivity contribution is -0.165. The molecule has 0 heterocycles. The van der Waals surface area contributed by atoms with E-state index in [9.17, 15) is 19.5 Å². The first-order valence-corrected chi connectivity index (χ1v) is 18.4. The van der Waals surface area contributed by atoms with E-state index in [1.807, 2.05) is 0 Å². The summed E-state index contributed by atoms with van der Waals surface area (Å²) in [4.78, 5) is 36.2. The first kappa shape index (κ1) is 41.4. The lowest BCUT2D eigenvalue weighted by atomic mass is 9.93. The number of ether oxygens (including phenoxy) is 2. The molecule has 0 fully saturated rings. The molecule has 0 saturated heterocycles. The zero-order chi connectivity index (χ0) is 31.9. The van der Waals surface area contributed by atoms with Crippen LogP contribution in [0.5, 0.6) is 0 Å². The van der Waals surface area contributed by atoms with Crippen LogP contribution in [-0.4, -0.2) is 36.2 Å². The highest BCUT2D eigenvalue weighted by Crippen LogP contribution is 2.20. The van der Waals surface area contributed by atoms with Crippen LogP contribution in [0.15, 0.2) is 0 Å². The van der Waals surface area contributed by atoms with Gasteiger partial charge in [0.25, 0.3) is 0 Å². The fourth-order valence-corrected chi connectivity index (χ4v) is 5.36. The maximum atomic E-state index is 12.2. The van der Waals surface area contributed by atoms with Crippen molar-refractivity contribution in [3.63, 3.8) is 0 Å². The third-order valence-electron chi connectivity index (χ3n) is 8.59. The predicted molar refractivity (Wildman–Crippen MR) is 178 cm³/mol. The minimum atomic E-state index is -1.43. The largest absolute Gasteiger partial charge is 0.481 e. The molecule has 0 aromatic carbocycles. The molecule has 0 rings (SSSR count). The second kappa shape index (κ2) is 30.4. The first-order valence-electron chi connectivity index (χ1n) is 18.4. The van der Waals surface area contributed by atoms with Gasteiger partial charge in [0.15, 0.2) is 0 Å². The number of unbranched alkanes of at least 4 members (excludes halogenated alkanes) is 24. The van der Waals surface area contributed by atoms with Crippen molar-refractivity contribution in [2.24, 2.45) is 5.41 Å². The number of carboxylic acid groups (broad SMARTS) is 1. The van der Waals surface area contributed by atoms with E-state index in [0.29, 0.717) is 12.8 Å². The fourth-order valence-electron chi connectivity index (χ4n) is 5.36. The molecular formula is C37H70O6. The number of carbonyl (C=O) groups is 3. The van der Waals surface area contributed by atoms with E-state index in [-0.39, 0.29) is 25.2 Å². The topological polar surface area (TPSA) is 89.9 Å². The van der Waals surface area contributed by atoms with Crippen molar-refractivity contribution < 1.29 is 29.0 Å². The van der Waals surface area contributed by atoms with E-state index < -0.39 is 11.4 Å². The molecule has 0 saturated carbocycles. The Hall–Kier alpha value is -1.59. The van der Waals surface area contributed by atoms with Gasteiger partial charge in [-0.05, 0) is 19.8 Å². The lowest BCUT2D eigenvalue weighted by Crippen LogP contribution is -2.39. The summed E-state index contributed by atoms with van der Waals surface area (Å²) in [5.41, 5.74) is -1.43. The summed E-state index contributed by atoms with van der Waals surface area (Å²) in [7, 11) is 0. The fraction of sp³-hybridized carbons (Fsp3) is 0.919. The summed E-state index contributed by atoms with van der Waals surface area (Å²) in [5.74, 6) is -1.89. The summed E-state index contributed by atoms with van der Waals surface area (Å²) in [6, 6.07) is 0. The summed E-state index contributed by atoms with van der Waals surface area (Å²) < 4.78 is 10.6. The molecule has 0 aromatic heterocycles. The van der Waals surface area contributed by atoms with E-state index in [4.69, 9.17) is 9.47 Å². The van der Waals surface area contributed by atoms with Crippen molar-refractivity contribution >= 4 is 17.9 Å². The van der Waals surface area contributed by atoms with Crippen molar-refractivity contribution in [2.75, 3.05) is 13.2 Å². The molecule has 254 valence electrons. The van der Waals surface area contributed by atoms with Gasteiger partial charge in [-0.15, -0.1) is 0 Å². The van der Waals surface area contributed by atoms with Gasteiger partial charge in [-0.1, -0.05) is 168 Å². The number of hydrogen-bond donors (Lipinski definition) is 1. The molecule has 0 aromatic rings. The Bertz CT molecular complexity index is 615. The number of aliphatic carboxylic acids is 1. The maximum Gasteiger partial charge on any atom is 0.316 e. The van der Waals surface area contributed by atoms with Gasteiger partial charge in [-0.3, -0.25) is 14.4 Å². The second-order valence-corrected chi connectivity index (χ2v) is 13.2.